The van der Waals surface area contributed by atoms with Crippen molar-refractivity contribution in [3.8, 4) is 5.69 Å². The predicted octanol–water partition coefficient (Wildman–Crippen LogP) is 2.03. The highest BCUT2D eigenvalue weighted by Crippen LogP contribution is 2.21. The first-order valence-electron chi connectivity index (χ1n) is 6.18. The van der Waals surface area contributed by atoms with E-state index < -0.39 is 0 Å². The average Bonchev–Trinajstić information content (AvgIpc) is 2.86. The summed E-state index contributed by atoms with van der Waals surface area (Å²) in [5.41, 5.74) is 12.8. The third-order valence-electron chi connectivity index (χ3n) is 2.65. The molecule has 8 heteroatoms. The highest BCUT2D eigenvalue weighted by Gasteiger charge is 2.07. The van der Waals surface area contributed by atoms with E-state index in [1.54, 1.807) is 10.9 Å². The van der Waals surface area contributed by atoms with Crippen LogP contribution in [0.1, 0.15) is 5.56 Å². The molecule has 1 aromatic heterocycles. The van der Waals surface area contributed by atoms with E-state index in [2.05, 4.69) is 5.10 Å². The lowest BCUT2D eigenvalue weighted by atomic mass is 10.1. The summed E-state index contributed by atoms with van der Waals surface area (Å²) < 4.78 is 1.75. The smallest absolute Gasteiger partial charge is 0.157 e. The molecule has 0 aliphatic rings. The lowest BCUT2D eigenvalue weighted by molar-refractivity contribution is 0.804. The van der Waals surface area contributed by atoms with Gasteiger partial charge in [0.1, 0.15) is 5.03 Å². The topological polar surface area (TPSA) is 118 Å². The lowest BCUT2D eigenvalue weighted by Gasteiger charge is -2.07. The molecule has 0 fully saturated rings. The van der Waals surface area contributed by atoms with Crippen molar-refractivity contribution in [2.75, 3.05) is 5.75 Å². The van der Waals surface area contributed by atoms with Crippen LogP contribution in [-0.4, -0.2) is 25.9 Å². The van der Waals surface area contributed by atoms with E-state index in [0.717, 1.165) is 22.9 Å². The van der Waals surface area contributed by atoms with E-state index in [9.17, 15) is 0 Å². The molecule has 0 saturated carbocycles. The largest absolute Gasteiger partial charge is 0.379 e. The fourth-order valence-electron chi connectivity index (χ4n) is 1.76. The van der Waals surface area contributed by atoms with Crippen molar-refractivity contribution in [3.05, 3.63) is 42.1 Å². The van der Waals surface area contributed by atoms with Gasteiger partial charge >= 0.3 is 0 Å². The van der Waals surface area contributed by atoms with Crippen LogP contribution in [-0.2, 0) is 6.42 Å². The Bertz CT molecular complexity index is 634. The highest BCUT2D eigenvalue weighted by atomic mass is 32.2. The number of benzene rings is 1. The number of nitrogens with one attached hydrogen (secondary N) is 2. The van der Waals surface area contributed by atoms with E-state index in [0.29, 0.717) is 0 Å². The molecule has 2 rings (SSSR count). The second-order valence-corrected chi connectivity index (χ2v) is 6.38. The normalized spacial score (nSPS) is 10.5. The SMILES string of the molecule is N=C(N)SCCc1ccc(-n2nccc2SC(=N)N)cc1. The van der Waals surface area contributed by atoms with Gasteiger partial charge in [0, 0.05) is 5.75 Å². The first-order valence-corrected chi connectivity index (χ1v) is 7.98. The van der Waals surface area contributed by atoms with E-state index in [4.69, 9.17) is 22.3 Å². The van der Waals surface area contributed by atoms with E-state index >= 15 is 0 Å². The van der Waals surface area contributed by atoms with E-state index in [1.807, 2.05) is 30.3 Å². The molecular formula is C13H16N6S2. The molecule has 2 aromatic rings. The molecule has 110 valence electrons. The summed E-state index contributed by atoms with van der Waals surface area (Å²) >= 11 is 2.51. The number of aromatic nitrogens is 2. The maximum absolute atomic E-state index is 7.34. The van der Waals surface area contributed by atoms with E-state index in [-0.39, 0.29) is 10.3 Å². The first-order chi connectivity index (χ1) is 10.1. The summed E-state index contributed by atoms with van der Waals surface area (Å²) in [6.07, 6.45) is 2.54. The van der Waals surface area contributed by atoms with Crippen molar-refractivity contribution >= 4 is 33.9 Å². The fraction of sp³-hybridized carbons (Fsp3) is 0.154. The number of nitrogens with zero attached hydrogens (tertiary/aromatic N) is 2. The van der Waals surface area contributed by atoms with E-state index in [1.165, 1.54) is 29.1 Å². The van der Waals surface area contributed by atoms with Crippen LogP contribution in [0.3, 0.4) is 0 Å². The van der Waals surface area contributed by atoms with Gasteiger partial charge in [-0.15, -0.1) is 0 Å². The summed E-state index contributed by atoms with van der Waals surface area (Å²) in [6, 6.07) is 9.83. The summed E-state index contributed by atoms with van der Waals surface area (Å²) in [4.78, 5) is 0. The second kappa shape index (κ2) is 7.19. The molecule has 1 aromatic carbocycles. The monoisotopic (exact) mass is 320 g/mol. The molecular weight excluding hydrogens is 304 g/mol. The minimum absolute atomic E-state index is 0.0367. The maximum Gasteiger partial charge on any atom is 0.157 e. The van der Waals surface area contributed by atoms with Gasteiger partial charge in [-0.05, 0) is 41.9 Å². The molecule has 6 nitrogen and oxygen atoms in total. The Morgan fingerprint density at radius 2 is 1.81 bits per heavy atom. The van der Waals surface area contributed by atoms with Crippen LogP contribution in [0.5, 0.6) is 0 Å². The van der Waals surface area contributed by atoms with Crippen LogP contribution in [0.25, 0.3) is 5.69 Å². The number of amidine groups is 2. The molecule has 0 spiro atoms. The summed E-state index contributed by atoms with van der Waals surface area (Å²) in [5.74, 6) is 0.794. The Labute approximate surface area is 131 Å². The van der Waals surface area contributed by atoms with Gasteiger partial charge in [0.25, 0.3) is 0 Å². The molecule has 0 radical (unpaired) electrons. The Balaban J connectivity index is 2.07. The van der Waals surface area contributed by atoms with Crippen LogP contribution < -0.4 is 11.5 Å². The molecule has 0 aliphatic carbocycles. The second-order valence-electron chi connectivity index (χ2n) is 4.18. The molecule has 6 N–H and O–H groups in total. The number of rotatable bonds is 5. The van der Waals surface area contributed by atoms with Crippen LogP contribution in [0.4, 0.5) is 0 Å². The zero-order valence-corrected chi connectivity index (χ0v) is 12.9. The molecule has 0 amide bonds. The minimum Gasteiger partial charge on any atom is -0.379 e. The van der Waals surface area contributed by atoms with Crippen molar-refractivity contribution < 1.29 is 0 Å². The Kier molecular flexibility index (Phi) is 5.29. The summed E-state index contributed by atoms with van der Waals surface area (Å²) in [6.45, 7) is 0. The van der Waals surface area contributed by atoms with Gasteiger partial charge in [0.2, 0.25) is 0 Å². The number of aryl methyl sites for hydroxylation is 1. The molecule has 0 atom stereocenters. The number of nitrogens with two attached hydrogens (primary N) is 2. The molecule has 21 heavy (non-hydrogen) atoms. The first kappa shape index (κ1) is 15.5. The number of hydrogen-bond acceptors (Lipinski definition) is 5. The van der Waals surface area contributed by atoms with Gasteiger partial charge in [0.15, 0.2) is 10.3 Å². The number of hydrogen-bond donors (Lipinski definition) is 4. The predicted molar refractivity (Wildman–Crippen MR) is 89.4 cm³/mol. The van der Waals surface area contributed by atoms with Crippen molar-refractivity contribution in [3.63, 3.8) is 0 Å². The maximum atomic E-state index is 7.34. The van der Waals surface area contributed by atoms with Crippen LogP contribution in [0, 0.1) is 10.8 Å². The van der Waals surface area contributed by atoms with Gasteiger partial charge in [-0.1, -0.05) is 23.9 Å². The zero-order valence-electron chi connectivity index (χ0n) is 11.2. The molecule has 0 saturated heterocycles. The summed E-state index contributed by atoms with van der Waals surface area (Å²) in [7, 11) is 0. The quantitative estimate of drug-likeness (QED) is 0.382. The highest BCUT2D eigenvalue weighted by molar-refractivity contribution is 8.13. The minimum atomic E-state index is 0.0367. The van der Waals surface area contributed by atoms with Crippen molar-refractivity contribution in [2.45, 2.75) is 11.4 Å². The van der Waals surface area contributed by atoms with Gasteiger partial charge in [-0.2, -0.15) is 5.10 Å². The molecule has 1 heterocycles. The fourth-order valence-corrected chi connectivity index (χ4v) is 2.91. The third kappa shape index (κ3) is 4.54. The lowest BCUT2D eigenvalue weighted by Crippen LogP contribution is -2.06. The standard InChI is InChI=1S/C13H16N6S2/c14-12(15)20-8-6-9-1-3-10(4-2-9)19-11(5-7-18-19)21-13(16)17/h1-5,7H,6,8H2,(H3,14,15)(H3,16,17). The zero-order chi connectivity index (χ0) is 15.2. The molecule has 0 bridgehead atoms. The average molecular weight is 320 g/mol. The van der Waals surface area contributed by atoms with Crippen LogP contribution in [0.2, 0.25) is 0 Å². The number of thioether (sulfide) groups is 2. The molecule has 0 unspecified atom stereocenters. The van der Waals surface area contributed by atoms with Crippen LogP contribution in [0.15, 0.2) is 41.6 Å². The summed E-state index contributed by atoms with van der Waals surface area (Å²) in [5, 5.41) is 19.8. The van der Waals surface area contributed by atoms with Gasteiger partial charge in [0.05, 0.1) is 11.9 Å². The van der Waals surface area contributed by atoms with Crippen molar-refractivity contribution in [2.24, 2.45) is 11.5 Å². The van der Waals surface area contributed by atoms with Crippen molar-refractivity contribution in [1.82, 2.24) is 9.78 Å². The van der Waals surface area contributed by atoms with Crippen LogP contribution >= 0.6 is 23.5 Å². The van der Waals surface area contributed by atoms with Crippen molar-refractivity contribution in [1.29, 1.82) is 10.8 Å². The van der Waals surface area contributed by atoms with Gasteiger partial charge in [-0.25, -0.2) is 4.68 Å². The Hall–Kier alpha value is -1.93. The van der Waals surface area contributed by atoms with Gasteiger partial charge in [-0.3, -0.25) is 10.8 Å². The van der Waals surface area contributed by atoms with Gasteiger partial charge < -0.3 is 11.5 Å². The Morgan fingerprint density at radius 1 is 1.10 bits per heavy atom. The third-order valence-corrected chi connectivity index (χ3v) is 4.11. The molecule has 0 aliphatic heterocycles. The Morgan fingerprint density at radius 3 is 2.43 bits per heavy atom.